The summed E-state index contributed by atoms with van der Waals surface area (Å²) in [5.41, 5.74) is 7.58. The average molecular weight is 274 g/mol. The third-order valence-corrected chi connectivity index (χ3v) is 3.63. The number of H-pyrrole nitrogens is 1. The Morgan fingerprint density at radius 1 is 1.55 bits per heavy atom. The van der Waals surface area contributed by atoms with Gasteiger partial charge in [-0.1, -0.05) is 0 Å². The molecule has 0 spiro atoms. The van der Waals surface area contributed by atoms with E-state index in [1.54, 1.807) is 12.1 Å². The lowest BCUT2D eigenvalue weighted by Crippen LogP contribution is -2.47. The van der Waals surface area contributed by atoms with Crippen molar-refractivity contribution in [2.45, 2.75) is 31.9 Å². The molecule has 6 nitrogen and oxygen atoms in total. The first-order valence-electron chi connectivity index (χ1n) is 6.83. The van der Waals surface area contributed by atoms with Crippen molar-refractivity contribution >= 4 is 22.5 Å². The second-order valence-electron chi connectivity index (χ2n) is 5.10. The molecular formula is C14H18N4O2. The van der Waals surface area contributed by atoms with Crippen molar-refractivity contribution in [3.8, 4) is 0 Å². The van der Waals surface area contributed by atoms with Crippen molar-refractivity contribution in [3.05, 3.63) is 23.9 Å². The van der Waals surface area contributed by atoms with Crippen molar-refractivity contribution in [3.63, 3.8) is 0 Å². The molecular weight excluding hydrogens is 256 g/mol. The van der Waals surface area contributed by atoms with E-state index < -0.39 is 0 Å². The van der Waals surface area contributed by atoms with Crippen LogP contribution in [0.15, 0.2) is 18.2 Å². The van der Waals surface area contributed by atoms with E-state index in [0.717, 1.165) is 23.7 Å². The molecule has 3 rings (SSSR count). The molecule has 106 valence electrons. The quantitative estimate of drug-likeness (QED) is 0.735. The fourth-order valence-electron chi connectivity index (χ4n) is 2.51. The van der Waals surface area contributed by atoms with Crippen LogP contribution in [0, 0.1) is 0 Å². The largest absolute Gasteiger partial charge is 0.399 e. The van der Waals surface area contributed by atoms with Crippen LogP contribution >= 0.6 is 0 Å². The van der Waals surface area contributed by atoms with Crippen LogP contribution < -0.4 is 11.1 Å². The number of hydrogen-bond acceptors (Lipinski definition) is 4. The summed E-state index contributed by atoms with van der Waals surface area (Å²) in [6.07, 6.45) is 2.01. The summed E-state index contributed by atoms with van der Waals surface area (Å²) in [6, 6.07) is 5.54. The number of aromatic amines is 1. The first kappa shape index (κ1) is 12.9. The number of nitrogens with zero attached hydrogens (tertiary/aromatic N) is 1. The van der Waals surface area contributed by atoms with E-state index in [1.165, 1.54) is 0 Å². The number of rotatable bonds is 4. The van der Waals surface area contributed by atoms with Crippen LogP contribution in [-0.4, -0.2) is 34.9 Å². The minimum atomic E-state index is -0.165. The van der Waals surface area contributed by atoms with Crippen molar-refractivity contribution in [1.29, 1.82) is 0 Å². The maximum absolute atomic E-state index is 12.2. The number of nitrogens with two attached hydrogens (primary N) is 1. The Bertz CT molecular complexity index is 631. The van der Waals surface area contributed by atoms with Crippen LogP contribution in [0.1, 0.15) is 30.3 Å². The summed E-state index contributed by atoms with van der Waals surface area (Å²) < 4.78 is 5.48. The fraction of sp³-hybridized carbons (Fsp3) is 0.429. The molecule has 1 saturated carbocycles. The van der Waals surface area contributed by atoms with E-state index >= 15 is 0 Å². The summed E-state index contributed by atoms with van der Waals surface area (Å²) in [6.45, 7) is 2.70. The van der Waals surface area contributed by atoms with Crippen LogP contribution in [0.2, 0.25) is 0 Å². The topological polar surface area (TPSA) is 93.0 Å². The Balaban J connectivity index is 1.69. The van der Waals surface area contributed by atoms with Gasteiger partial charge in [-0.15, -0.1) is 0 Å². The molecule has 0 saturated heterocycles. The molecule has 1 amide bonds. The molecule has 1 aliphatic rings. The molecule has 1 aromatic heterocycles. The third-order valence-electron chi connectivity index (χ3n) is 3.63. The fourth-order valence-corrected chi connectivity index (χ4v) is 2.51. The lowest BCUT2D eigenvalue weighted by Gasteiger charge is -2.35. The first-order chi connectivity index (χ1) is 9.67. The predicted octanol–water partition coefficient (Wildman–Crippen LogP) is 1.44. The molecule has 1 aliphatic carbocycles. The van der Waals surface area contributed by atoms with Crippen molar-refractivity contribution < 1.29 is 9.53 Å². The smallest absolute Gasteiger partial charge is 0.272 e. The van der Waals surface area contributed by atoms with Crippen molar-refractivity contribution in [1.82, 2.24) is 15.5 Å². The normalized spacial score (nSPS) is 21.6. The highest BCUT2D eigenvalue weighted by Gasteiger charge is 2.31. The van der Waals surface area contributed by atoms with Gasteiger partial charge in [0.05, 0.1) is 11.6 Å². The number of nitrogens with one attached hydrogen (secondary N) is 2. The predicted molar refractivity (Wildman–Crippen MR) is 76.4 cm³/mol. The highest BCUT2D eigenvalue weighted by Crippen LogP contribution is 2.24. The van der Waals surface area contributed by atoms with E-state index in [-0.39, 0.29) is 18.1 Å². The Morgan fingerprint density at radius 3 is 3.10 bits per heavy atom. The lowest BCUT2D eigenvalue weighted by atomic mass is 9.89. The molecule has 4 N–H and O–H groups in total. The number of ether oxygens (including phenoxy) is 1. The van der Waals surface area contributed by atoms with E-state index in [1.807, 2.05) is 13.0 Å². The number of nitrogen functional groups attached to an aromatic ring is 1. The monoisotopic (exact) mass is 274 g/mol. The average Bonchev–Trinajstić information content (AvgIpc) is 2.79. The summed E-state index contributed by atoms with van der Waals surface area (Å²) in [7, 11) is 0. The van der Waals surface area contributed by atoms with Gasteiger partial charge in [-0.05, 0) is 38.0 Å². The van der Waals surface area contributed by atoms with Gasteiger partial charge in [-0.3, -0.25) is 9.89 Å². The number of carbonyl (C=O) groups is 1. The molecule has 1 heterocycles. The number of carbonyl (C=O) groups excluding carboxylic acids is 1. The molecule has 0 unspecified atom stereocenters. The Morgan fingerprint density at radius 2 is 2.35 bits per heavy atom. The van der Waals surface area contributed by atoms with Gasteiger partial charge in [0.25, 0.3) is 5.91 Å². The van der Waals surface area contributed by atoms with Gasteiger partial charge in [0.15, 0.2) is 5.69 Å². The summed E-state index contributed by atoms with van der Waals surface area (Å²) in [5, 5.41) is 10.7. The number of anilines is 1. The zero-order valence-corrected chi connectivity index (χ0v) is 11.3. The minimum absolute atomic E-state index is 0.165. The Hall–Kier alpha value is -2.08. The third kappa shape index (κ3) is 2.34. The van der Waals surface area contributed by atoms with Gasteiger partial charge in [-0.25, -0.2) is 0 Å². The van der Waals surface area contributed by atoms with E-state index in [4.69, 9.17) is 10.5 Å². The van der Waals surface area contributed by atoms with Gasteiger partial charge < -0.3 is 15.8 Å². The van der Waals surface area contributed by atoms with Gasteiger partial charge in [-0.2, -0.15) is 5.10 Å². The van der Waals surface area contributed by atoms with E-state index in [2.05, 4.69) is 15.5 Å². The molecule has 2 aromatic rings. The Kier molecular flexibility index (Phi) is 3.31. The number of fused-ring (bicyclic) bond motifs is 1. The molecule has 20 heavy (non-hydrogen) atoms. The van der Waals surface area contributed by atoms with Gasteiger partial charge in [0.1, 0.15) is 0 Å². The second kappa shape index (κ2) is 5.13. The van der Waals surface area contributed by atoms with Crippen molar-refractivity contribution in [2.24, 2.45) is 0 Å². The summed E-state index contributed by atoms with van der Waals surface area (Å²) >= 11 is 0. The second-order valence-corrected chi connectivity index (χ2v) is 5.10. The SMILES string of the molecule is CCOC1CC(NC(=O)c2n[nH]c3ccc(N)cc23)C1. The molecule has 0 atom stereocenters. The first-order valence-corrected chi connectivity index (χ1v) is 6.83. The number of benzene rings is 1. The van der Waals surface area contributed by atoms with E-state index in [9.17, 15) is 4.79 Å². The molecule has 0 bridgehead atoms. The van der Waals surface area contributed by atoms with E-state index in [0.29, 0.717) is 18.0 Å². The highest BCUT2D eigenvalue weighted by atomic mass is 16.5. The minimum Gasteiger partial charge on any atom is -0.399 e. The summed E-state index contributed by atoms with van der Waals surface area (Å²) in [5.74, 6) is -0.165. The standard InChI is InChI=1S/C14H18N4O2/c1-2-20-10-6-9(7-10)16-14(19)13-11-5-8(15)3-4-12(11)17-18-13/h3-5,9-10H,2,6-7,15H2,1H3,(H,16,19)(H,17,18). The van der Waals surface area contributed by atoms with Crippen LogP contribution in [-0.2, 0) is 4.74 Å². The Labute approximate surface area is 116 Å². The number of hydrogen-bond donors (Lipinski definition) is 3. The van der Waals surface area contributed by atoms with Crippen LogP contribution in [0.5, 0.6) is 0 Å². The van der Waals surface area contributed by atoms with Crippen LogP contribution in [0.4, 0.5) is 5.69 Å². The zero-order valence-electron chi connectivity index (χ0n) is 11.3. The molecule has 0 radical (unpaired) electrons. The molecule has 6 heteroatoms. The van der Waals surface area contributed by atoms with Crippen LogP contribution in [0.25, 0.3) is 10.9 Å². The molecule has 1 fully saturated rings. The molecule has 1 aromatic carbocycles. The molecule has 0 aliphatic heterocycles. The maximum atomic E-state index is 12.2. The van der Waals surface area contributed by atoms with Crippen LogP contribution in [0.3, 0.4) is 0 Å². The van der Waals surface area contributed by atoms with Gasteiger partial charge >= 0.3 is 0 Å². The van der Waals surface area contributed by atoms with Gasteiger partial charge in [0, 0.05) is 23.7 Å². The number of amides is 1. The highest BCUT2D eigenvalue weighted by molar-refractivity contribution is 6.05. The summed E-state index contributed by atoms with van der Waals surface area (Å²) in [4.78, 5) is 12.2. The van der Waals surface area contributed by atoms with Crippen molar-refractivity contribution in [2.75, 3.05) is 12.3 Å². The van der Waals surface area contributed by atoms with Gasteiger partial charge in [0.2, 0.25) is 0 Å². The zero-order chi connectivity index (χ0) is 14.1. The number of aromatic nitrogens is 2. The maximum Gasteiger partial charge on any atom is 0.272 e. The lowest BCUT2D eigenvalue weighted by molar-refractivity contribution is -0.00865.